The summed E-state index contributed by atoms with van der Waals surface area (Å²) in [5, 5.41) is 3.05. The van der Waals surface area contributed by atoms with Gasteiger partial charge < -0.3 is 15.8 Å². The Morgan fingerprint density at radius 1 is 1.30 bits per heavy atom. The van der Waals surface area contributed by atoms with Crippen molar-refractivity contribution < 1.29 is 4.74 Å². The Balaban J connectivity index is 0.00000361. The van der Waals surface area contributed by atoms with Crippen LogP contribution in [0.25, 0.3) is 0 Å². The molecule has 1 aromatic carbocycles. The van der Waals surface area contributed by atoms with E-state index in [9.17, 15) is 0 Å². The van der Waals surface area contributed by atoms with Crippen LogP contribution >= 0.6 is 24.0 Å². The van der Waals surface area contributed by atoms with E-state index in [4.69, 9.17) is 10.5 Å². The summed E-state index contributed by atoms with van der Waals surface area (Å²) in [5.74, 6) is 1.46. The Morgan fingerprint density at radius 3 is 2.55 bits per heavy atom. The lowest BCUT2D eigenvalue weighted by Crippen LogP contribution is -2.34. The molecular formula is C15H26IN3O. The van der Waals surface area contributed by atoms with E-state index in [-0.39, 0.29) is 24.0 Å². The molecule has 0 saturated heterocycles. The molecule has 0 spiro atoms. The molecule has 1 aromatic rings. The Morgan fingerprint density at radius 2 is 1.95 bits per heavy atom. The van der Waals surface area contributed by atoms with Gasteiger partial charge in [-0.15, -0.1) is 24.0 Å². The molecule has 0 saturated carbocycles. The van der Waals surface area contributed by atoms with Crippen molar-refractivity contribution in [2.75, 3.05) is 19.7 Å². The molecule has 5 heteroatoms. The first-order valence-corrected chi connectivity index (χ1v) is 6.88. The number of benzene rings is 1. The zero-order valence-electron chi connectivity index (χ0n) is 12.6. The number of guanidine groups is 1. The quantitative estimate of drug-likeness (QED) is 0.325. The number of hydrogen-bond acceptors (Lipinski definition) is 2. The summed E-state index contributed by atoms with van der Waals surface area (Å²) < 4.78 is 5.77. The van der Waals surface area contributed by atoms with Crippen molar-refractivity contribution in [3.8, 4) is 5.75 Å². The lowest BCUT2D eigenvalue weighted by molar-refractivity contribution is 0.318. The van der Waals surface area contributed by atoms with Crippen molar-refractivity contribution in [2.24, 2.45) is 10.7 Å². The summed E-state index contributed by atoms with van der Waals surface area (Å²) in [6.07, 6.45) is 2.20. The zero-order chi connectivity index (χ0) is 14.1. The van der Waals surface area contributed by atoms with Crippen LogP contribution in [-0.2, 0) is 0 Å². The van der Waals surface area contributed by atoms with E-state index in [1.54, 1.807) is 0 Å². The van der Waals surface area contributed by atoms with Crippen molar-refractivity contribution in [3.05, 3.63) is 29.3 Å². The summed E-state index contributed by atoms with van der Waals surface area (Å²) in [7, 11) is 0. The number of nitrogens with zero attached hydrogens (tertiary/aromatic N) is 1. The van der Waals surface area contributed by atoms with Crippen LogP contribution in [0.5, 0.6) is 5.75 Å². The first-order chi connectivity index (χ1) is 9.15. The Kier molecular flexibility index (Phi) is 10.2. The van der Waals surface area contributed by atoms with E-state index in [1.807, 2.05) is 6.07 Å². The van der Waals surface area contributed by atoms with Gasteiger partial charge in [-0.3, -0.25) is 4.99 Å². The number of nitrogens with two attached hydrogens (primary N) is 1. The van der Waals surface area contributed by atoms with Crippen molar-refractivity contribution >= 4 is 29.9 Å². The minimum absolute atomic E-state index is 0. The summed E-state index contributed by atoms with van der Waals surface area (Å²) in [5.41, 5.74) is 8.05. The number of nitrogens with one attached hydrogen (secondary N) is 1. The average molecular weight is 391 g/mol. The third-order valence-electron chi connectivity index (χ3n) is 2.86. The van der Waals surface area contributed by atoms with Gasteiger partial charge in [0.1, 0.15) is 12.4 Å². The number of ether oxygens (including phenoxy) is 1. The maximum absolute atomic E-state index is 5.77. The second-order valence-corrected chi connectivity index (χ2v) is 4.62. The third-order valence-corrected chi connectivity index (χ3v) is 2.86. The second kappa shape index (κ2) is 10.8. The molecular weight excluding hydrogens is 365 g/mol. The molecule has 0 aromatic heterocycles. The van der Waals surface area contributed by atoms with E-state index in [0.717, 1.165) is 36.3 Å². The van der Waals surface area contributed by atoms with Crippen LogP contribution in [-0.4, -0.2) is 25.7 Å². The lowest BCUT2D eigenvalue weighted by Gasteiger charge is -2.12. The second-order valence-electron chi connectivity index (χ2n) is 4.62. The molecule has 0 atom stereocenters. The fourth-order valence-corrected chi connectivity index (χ4v) is 1.77. The number of para-hydroxylation sites is 1. The predicted octanol–water partition coefficient (Wildman–Crippen LogP) is 3.00. The topological polar surface area (TPSA) is 59.6 Å². The van der Waals surface area contributed by atoms with Gasteiger partial charge in [-0.1, -0.05) is 31.5 Å². The van der Waals surface area contributed by atoms with Crippen molar-refractivity contribution in [2.45, 2.75) is 33.6 Å². The molecule has 20 heavy (non-hydrogen) atoms. The standard InChI is InChI=1S/C15H25N3O.HI/c1-4-5-9-17-15(16)18-10-11-19-14-12(2)7-6-8-13(14)3;/h6-8H,4-5,9-11H2,1-3H3,(H3,16,17,18);1H. The van der Waals surface area contributed by atoms with E-state index < -0.39 is 0 Å². The average Bonchev–Trinajstić information content (AvgIpc) is 2.37. The number of aryl methyl sites for hydroxylation is 2. The van der Waals surface area contributed by atoms with Crippen molar-refractivity contribution in [3.63, 3.8) is 0 Å². The van der Waals surface area contributed by atoms with Crippen LogP contribution in [0.15, 0.2) is 23.2 Å². The van der Waals surface area contributed by atoms with Gasteiger partial charge >= 0.3 is 0 Å². The van der Waals surface area contributed by atoms with E-state index in [2.05, 4.69) is 43.2 Å². The van der Waals surface area contributed by atoms with Gasteiger partial charge in [-0.05, 0) is 31.4 Å². The van der Waals surface area contributed by atoms with E-state index in [0.29, 0.717) is 19.1 Å². The largest absolute Gasteiger partial charge is 0.491 e. The lowest BCUT2D eigenvalue weighted by atomic mass is 10.1. The van der Waals surface area contributed by atoms with Gasteiger partial charge in [0.15, 0.2) is 5.96 Å². The van der Waals surface area contributed by atoms with Gasteiger partial charge in [0.05, 0.1) is 6.54 Å². The Labute approximate surface area is 139 Å². The molecule has 114 valence electrons. The summed E-state index contributed by atoms with van der Waals surface area (Å²) in [6, 6.07) is 6.14. The first-order valence-electron chi connectivity index (χ1n) is 6.88. The molecule has 0 aliphatic rings. The third kappa shape index (κ3) is 6.98. The van der Waals surface area contributed by atoms with E-state index in [1.165, 1.54) is 0 Å². The van der Waals surface area contributed by atoms with Gasteiger partial charge in [-0.25, -0.2) is 0 Å². The number of aliphatic imine (C=N–C) groups is 1. The molecule has 0 heterocycles. The van der Waals surface area contributed by atoms with Crippen molar-refractivity contribution in [1.82, 2.24) is 5.32 Å². The molecule has 4 nitrogen and oxygen atoms in total. The van der Waals surface area contributed by atoms with Gasteiger partial charge in [-0.2, -0.15) is 0 Å². The molecule has 0 aliphatic carbocycles. The summed E-state index contributed by atoms with van der Waals surface area (Å²) in [6.45, 7) is 8.27. The predicted molar refractivity (Wildman–Crippen MR) is 96.2 cm³/mol. The number of unbranched alkanes of at least 4 members (excludes halogenated alkanes) is 1. The maximum Gasteiger partial charge on any atom is 0.188 e. The fourth-order valence-electron chi connectivity index (χ4n) is 1.77. The highest BCUT2D eigenvalue weighted by atomic mass is 127. The van der Waals surface area contributed by atoms with Gasteiger partial charge in [0.2, 0.25) is 0 Å². The van der Waals surface area contributed by atoms with Crippen LogP contribution < -0.4 is 15.8 Å². The Bertz CT molecular complexity index is 401. The number of halogens is 1. The maximum atomic E-state index is 5.77. The van der Waals surface area contributed by atoms with Crippen LogP contribution in [0, 0.1) is 13.8 Å². The first kappa shape index (κ1) is 19.0. The van der Waals surface area contributed by atoms with Crippen molar-refractivity contribution in [1.29, 1.82) is 0 Å². The minimum atomic E-state index is 0. The molecule has 0 fully saturated rings. The summed E-state index contributed by atoms with van der Waals surface area (Å²) in [4.78, 5) is 4.22. The zero-order valence-corrected chi connectivity index (χ0v) is 14.9. The molecule has 0 amide bonds. The SMILES string of the molecule is CCCCN=C(N)NCCOc1c(C)cccc1C.I. The molecule has 1 rings (SSSR count). The fraction of sp³-hybridized carbons (Fsp3) is 0.533. The Hall–Kier alpha value is -0.980. The van der Waals surface area contributed by atoms with Crippen LogP contribution in [0.1, 0.15) is 30.9 Å². The molecule has 0 bridgehead atoms. The summed E-state index contributed by atoms with van der Waals surface area (Å²) >= 11 is 0. The van der Waals surface area contributed by atoms with Crippen LogP contribution in [0.4, 0.5) is 0 Å². The highest BCUT2D eigenvalue weighted by Gasteiger charge is 2.02. The highest BCUT2D eigenvalue weighted by molar-refractivity contribution is 14.0. The molecule has 3 N–H and O–H groups in total. The van der Waals surface area contributed by atoms with Gasteiger partial charge in [0, 0.05) is 6.54 Å². The monoisotopic (exact) mass is 391 g/mol. The molecule has 0 radical (unpaired) electrons. The van der Waals surface area contributed by atoms with Crippen LogP contribution in [0.3, 0.4) is 0 Å². The number of hydrogen-bond donors (Lipinski definition) is 2. The number of rotatable bonds is 7. The highest BCUT2D eigenvalue weighted by Crippen LogP contribution is 2.21. The van der Waals surface area contributed by atoms with Crippen LogP contribution in [0.2, 0.25) is 0 Å². The molecule has 0 aliphatic heterocycles. The van der Waals surface area contributed by atoms with Gasteiger partial charge in [0.25, 0.3) is 0 Å². The minimum Gasteiger partial charge on any atom is -0.491 e. The van der Waals surface area contributed by atoms with E-state index >= 15 is 0 Å². The molecule has 0 unspecified atom stereocenters. The normalized spacial score (nSPS) is 10.8. The smallest absolute Gasteiger partial charge is 0.188 e.